The van der Waals surface area contributed by atoms with Crippen molar-refractivity contribution in [2.24, 2.45) is 0 Å². The lowest BCUT2D eigenvalue weighted by molar-refractivity contribution is -0.140. The van der Waals surface area contributed by atoms with Crippen molar-refractivity contribution < 1.29 is 9.53 Å². The quantitative estimate of drug-likeness (QED) is 0.399. The van der Waals surface area contributed by atoms with Gasteiger partial charge in [-0.05, 0) is 6.42 Å². The first kappa shape index (κ1) is 9.69. The average Bonchev–Trinajstić information content (AvgIpc) is 1.98. The third-order valence-electron chi connectivity index (χ3n) is 0.999. The fourth-order valence-electron chi connectivity index (χ4n) is 0.484. The molecule has 0 fully saturated rings. The normalized spacial score (nSPS) is 10.2. The zero-order chi connectivity index (χ0) is 7.82. The lowest BCUT2D eigenvalue weighted by Gasteiger charge is -1.92. The molecular weight excluding hydrogens is 196 g/mol. The number of carbonyl (C=O) groups excluding carboxylic acids is 1. The minimum atomic E-state index is -0.153. The van der Waals surface area contributed by atoms with Gasteiger partial charge in [0.2, 0.25) is 0 Å². The highest BCUT2D eigenvalue weighted by Crippen LogP contribution is 1.93. The Morgan fingerprint density at radius 3 is 2.80 bits per heavy atom. The summed E-state index contributed by atoms with van der Waals surface area (Å²) in [5.74, 6) is -0.153. The summed E-state index contributed by atoms with van der Waals surface area (Å²) in [6.07, 6.45) is 5.15. The average molecular weight is 207 g/mol. The highest BCUT2D eigenvalue weighted by atomic mass is 79.9. The van der Waals surface area contributed by atoms with Crippen LogP contribution in [0.1, 0.15) is 12.8 Å². The third kappa shape index (κ3) is 5.82. The molecule has 0 aromatic heterocycles. The van der Waals surface area contributed by atoms with E-state index in [2.05, 4.69) is 20.7 Å². The lowest BCUT2D eigenvalue weighted by atomic mass is 10.3. The van der Waals surface area contributed by atoms with Gasteiger partial charge in [-0.25, -0.2) is 0 Å². The Hall–Kier alpha value is -0.310. The summed E-state index contributed by atoms with van der Waals surface area (Å²) in [5.41, 5.74) is 0. The predicted octanol–water partition coefficient (Wildman–Crippen LogP) is 1.89. The number of rotatable bonds is 4. The summed E-state index contributed by atoms with van der Waals surface area (Å²) in [4.78, 5) is 10.5. The Balaban J connectivity index is 3.19. The van der Waals surface area contributed by atoms with Gasteiger partial charge in [0.05, 0.1) is 7.11 Å². The second-order valence-corrected chi connectivity index (χ2v) is 2.39. The number of alkyl halides is 1. The number of hydrogen-bond acceptors (Lipinski definition) is 2. The van der Waals surface area contributed by atoms with Crippen molar-refractivity contribution in [3.63, 3.8) is 0 Å². The van der Waals surface area contributed by atoms with E-state index in [9.17, 15) is 4.79 Å². The van der Waals surface area contributed by atoms with Crippen LogP contribution in [0.15, 0.2) is 12.2 Å². The molecule has 2 nitrogen and oxygen atoms in total. The van der Waals surface area contributed by atoms with E-state index in [1.807, 2.05) is 12.2 Å². The second-order valence-electron chi connectivity index (χ2n) is 1.74. The van der Waals surface area contributed by atoms with Gasteiger partial charge in [-0.15, -0.1) is 0 Å². The minimum absolute atomic E-state index is 0.153. The van der Waals surface area contributed by atoms with Crippen LogP contribution in [-0.4, -0.2) is 18.4 Å². The minimum Gasteiger partial charge on any atom is -0.469 e. The highest BCUT2D eigenvalue weighted by molar-refractivity contribution is 9.09. The summed E-state index contributed by atoms with van der Waals surface area (Å²) in [6.45, 7) is 0. The zero-order valence-electron chi connectivity index (χ0n) is 5.97. The molecule has 0 aliphatic heterocycles. The fraction of sp³-hybridized carbons (Fsp3) is 0.571. The van der Waals surface area contributed by atoms with Crippen molar-refractivity contribution >= 4 is 21.9 Å². The summed E-state index contributed by atoms with van der Waals surface area (Å²) in [7, 11) is 1.40. The van der Waals surface area contributed by atoms with Gasteiger partial charge in [-0.1, -0.05) is 28.1 Å². The first-order valence-corrected chi connectivity index (χ1v) is 4.21. The standard InChI is InChI=1S/C7H11BrO2/c1-10-7(9)5-3-2-4-6-8/h2,4H,3,5-6H2,1H3. The van der Waals surface area contributed by atoms with Crippen molar-refractivity contribution in [1.82, 2.24) is 0 Å². The van der Waals surface area contributed by atoms with Crippen molar-refractivity contribution in [2.75, 3.05) is 12.4 Å². The van der Waals surface area contributed by atoms with Gasteiger partial charge < -0.3 is 4.74 Å². The highest BCUT2D eigenvalue weighted by Gasteiger charge is 1.94. The summed E-state index contributed by atoms with van der Waals surface area (Å²) in [5, 5.41) is 0.841. The van der Waals surface area contributed by atoms with Crippen LogP contribution in [-0.2, 0) is 9.53 Å². The molecule has 0 heterocycles. The number of methoxy groups -OCH3 is 1. The van der Waals surface area contributed by atoms with E-state index in [1.165, 1.54) is 7.11 Å². The smallest absolute Gasteiger partial charge is 0.305 e. The molecule has 3 heteroatoms. The topological polar surface area (TPSA) is 26.3 Å². The maximum atomic E-state index is 10.5. The molecule has 0 aliphatic carbocycles. The Morgan fingerprint density at radius 1 is 1.60 bits per heavy atom. The van der Waals surface area contributed by atoms with Crippen LogP contribution in [0.25, 0.3) is 0 Å². The number of carbonyl (C=O) groups is 1. The van der Waals surface area contributed by atoms with E-state index >= 15 is 0 Å². The molecule has 10 heavy (non-hydrogen) atoms. The van der Waals surface area contributed by atoms with Gasteiger partial charge in [0, 0.05) is 11.8 Å². The van der Waals surface area contributed by atoms with Gasteiger partial charge in [0.15, 0.2) is 0 Å². The van der Waals surface area contributed by atoms with E-state index in [0.29, 0.717) is 6.42 Å². The summed E-state index contributed by atoms with van der Waals surface area (Å²) < 4.78 is 4.45. The maximum absolute atomic E-state index is 10.5. The van der Waals surface area contributed by atoms with Crippen molar-refractivity contribution in [1.29, 1.82) is 0 Å². The molecule has 58 valence electrons. The molecule has 0 amide bonds. The van der Waals surface area contributed by atoms with Gasteiger partial charge >= 0.3 is 5.97 Å². The number of esters is 1. The van der Waals surface area contributed by atoms with E-state index in [1.54, 1.807) is 0 Å². The largest absolute Gasteiger partial charge is 0.469 e. The summed E-state index contributed by atoms with van der Waals surface area (Å²) >= 11 is 3.23. The molecule has 0 radical (unpaired) electrons. The fourth-order valence-corrected chi connectivity index (χ4v) is 0.748. The van der Waals surface area contributed by atoms with Crippen LogP contribution >= 0.6 is 15.9 Å². The van der Waals surface area contributed by atoms with Crippen LogP contribution in [0.2, 0.25) is 0 Å². The van der Waals surface area contributed by atoms with Gasteiger partial charge in [0.1, 0.15) is 0 Å². The molecule has 0 spiro atoms. The van der Waals surface area contributed by atoms with Crippen LogP contribution in [0.3, 0.4) is 0 Å². The molecule has 0 aromatic carbocycles. The molecular formula is C7H11BrO2. The lowest BCUT2D eigenvalue weighted by Crippen LogP contribution is -1.97. The summed E-state index contributed by atoms with van der Waals surface area (Å²) in [6, 6.07) is 0. The Labute approximate surface area is 69.4 Å². The van der Waals surface area contributed by atoms with E-state index in [0.717, 1.165) is 11.8 Å². The number of halogens is 1. The van der Waals surface area contributed by atoms with E-state index in [4.69, 9.17) is 0 Å². The Bertz CT molecular complexity index is 121. The number of ether oxygens (including phenoxy) is 1. The first-order chi connectivity index (χ1) is 4.81. The number of allylic oxidation sites excluding steroid dienone is 2. The molecule has 0 aromatic rings. The Morgan fingerprint density at radius 2 is 2.30 bits per heavy atom. The van der Waals surface area contributed by atoms with Crippen molar-refractivity contribution in [3.8, 4) is 0 Å². The maximum Gasteiger partial charge on any atom is 0.305 e. The second kappa shape index (κ2) is 6.81. The van der Waals surface area contributed by atoms with Crippen LogP contribution < -0.4 is 0 Å². The van der Waals surface area contributed by atoms with Crippen molar-refractivity contribution in [2.45, 2.75) is 12.8 Å². The molecule has 0 rings (SSSR count). The molecule has 0 unspecified atom stereocenters. The third-order valence-corrected chi connectivity index (χ3v) is 1.37. The SMILES string of the molecule is COC(=O)CCC=CCBr. The molecule has 0 aliphatic rings. The van der Waals surface area contributed by atoms with Gasteiger partial charge in [-0.3, -0.25) is 4.79 Å². The monoisotopic (exact) mass is 206 g/mol. The van der Waals surface area contributed by atoms with E-state index < -0.39 is 0 Å². The zero-order valence-corrected chi connectivity index (χ0v) is 7.56. The van der Waals surface area contributed by atoms with Crippen LogP contribution in [0.4, 0.5) is 0 Å². The molecule has 0 N–H and O–H groups in total. The van der Waals surface area contributed by atoms with Crippen LogP contribution in [0, 0.1) is 0 Å². The predicted molar refractivity (Wildman–Crippen MR) is 44.2 cm³/mol. The molecule has 0 bridgehead atoms. The molecule has 0 saturated heterocycles. The van der Waals surface area contributed by atoms with Crippen molar-refractivity contribution in [3.05, 3.63) is 12.2 Å². The molecule has 0 saturated carbocycles. The number of hydrogen-bond donors (Lipinski definition) is 0. The van der Waals surface area contributed by atoms with Crippen LogP contribution in [0.5, 0.6) is 0 Å². The first-order valence-electron chi connectivity index (χ1n) is 3.09. The van der Waals surface area contributed by atoms with Gasteiger partial charge in [0.25, 0.3) is 0 Å². The van der Waals surface area contributed by atoms with E-state index in [-0.39, 0.29) is 5.97 Å². The molecule has 0 atom stereocenters. The Kier molecular flexibility index (Phi) is 6.59. The van der Waals surface area contributed by atoms with Gasteiger partial charge in [-0.2, -0.15) is 0 Å².